The molecule has 0 unspecified atom stereocenters. The quantitative estimate of drug-likeness (QED) is 0.586. The van der Waals surface area contributed by atoms with E-state index in [1.807, 2.05) is 26.0 Å². The Morgan fingerprint density at radius 2 is 1.87 bits per heavy atom. The number of hydrogen-bond donors (Lipinski definition) is 0. The highest BCUT2D eigenvalue weighted by Gasteiger charge is 2.34. The van der Waals surface area contributed by atoms with Crippen LogP contribution in [0.2, 0.25) is 5.15 Å². The van der Waals surface area contributed by atoms with Crippen molar-refractivity contribution in [1.29, 1.82) is 0 Å². The Morgan fingerprint density at radius 3 is 2.48 bits per heavy atom. The topological polar surface area (TPSA) is 79.8 Å². The van der Waals surface area contributed by atoms with Crippen molar-refractivity contribution in [2.45, 2.75) is 31.6 Å². The first kappa shape index (κ1) is 23.5. The monoisotopic (exact) mass is 465 g/mol. The second kappa shape index (κ2) is 9.97. The van der Waals surface area contributed by atoms with Crippen LogP contribution in [0, 0.1) is 19.8 Å². The maximum absolute atomic E-state index is 12.8. The highest BCUT2D eigenvalue weighted by atomic mass is 35.5. The lowest BCUT2D eigenvalue weighted by molar-refractivity contribution is -0.135. The molecule has 0 saturated carbocycles. The third kappa shape index (κ3) is 5.75. The summed E-state index contributed by atoms with van der Waals surface area (Å²) in [4.78, 5) is 18.3. The number of amides is 1. The number of hydrogen-bond acceptors (Lipinski definition) is 5. The third-order valence-corrected chi connectivity index (χ3v) is 7.76. The van der Waals surface area contributed by atoms with Gasteiger partial charge < -0.3 is 9.64 Å². The van der Waals surface area contributed by atoms with Crippen LogP contribution in [0.1, 0.15) is 24.0 Å². The lowest BCUT2D eigenvalue weighted by Crippen LogP contribution is -2.44. The number of aromatic nitrogens is 1. The van der Waals surface area contributed by atoms with Crippen molar-refractivity contribution < 1.29 is 17.9 Å². The van der Waals surface area contributed by atoms with Crippen LogP contribution in [0.4, 0.5) is 0 Å². The predicted octanol–water partition coefficient (Wildman–Crippen LogP) is 3.29. The van der Waals surface area contributed by atoms with E-state index in [1.165, 1.54) is 16.6 Å². The summed E-state index contributed by atoms with van der Waals surface area (Å²) in [5.74, 6) is 0.605. The van der Waals surface area contributed by atoms with E-state index in [4.69, 9.17) is 16.3 Å². The van der Waals surface area contributed by atoms with Gasteiger partial charge in [0.15, 0.2) is 0 Å². The van der Waals surface area contributed by atoms with Gasteiger partial charge >= 0.3 is 0 Å². The van der Waals surface area contributed by atoms with Crippen molar-refractivity contribution in [1.82, 2.24) is 14.2 Å². The number of carbonyl (C=O) groups is 1. The van der Waals surface area contributed by atoms with Crippen LogP contribution in [-0.4, -0.2) is 61.8 Å². The van der Waals surface area contributed by atoms with Gasteiger partial charge in [0.2, 0.25) is 15.9 Å². The smallest absolute Gasteiger partial charge is 0.246 e. The molecule has 3 rings (SSSR count). The normalized spacial score (nSPS) is 15.6. The zero-order chi connectivity index (χ0) is 22.6. The standard InChI is InChI=1S/C22H28ClN3O4S/c1-16-13-17(2)15-19(14-16)30-12-11-25(3)22(27)18-6-9-26(10-7-18)31(28,29)20-5-4-8-24-21(20)23/h4-5,8,13-15,18H,6-7,9-12H2,1-3H3. The number of rotatable bonds is 7. The van der Waals surface area contributed by atoms with Crippen LogP contribution in [0.25, 0.3) is 0 Å². The van der Waals surface area contributed by atoms with Crippen LogP contribution in [0.15, 0.2) is 41.4 Å². The van der Waals surface area contributed by atoms with Gasteiger partial charge in [-0.25, -0.2) is 13.4 Å². The van der Waals surface area contributed by atoms with E-state index in [1.54, 1.807) is 18.0 Å². The number of benzene rings is 1. The molecule has 1 aliphatic rings. The minimum Gasteiger partial charge on any atom is -0.492 e. The van der Waals surface area contributed by atoms with Crippen molar-refractivity contribution >= 4 is 27.5 Å². The van der Waals surface area contributed by atoms with Gasteiger partial charge in [0.25, 0.3) is 0 Å². The maximum atomic E-state index is 12.8. The molecule has 2 heterocycles. The summed E-state index contributed by atoms with van der Waals surface area (Å²) in [7, 11) is -1.96. The van der Waals surface area contributed by atoms with E-state index in [-0.39, 0.29) is 35.0 Å². The molecule has 0 spiro atoms. The molecule has 0 atom stereocenters. The SMILES string of the molecule is Cc1cc(C)cc(OCCN(C)C(=O)C2CCN(S(=O)(=O)c3cccnc3Cl)CC2)c1. The number of pyridine rings is 1. The molecule has 1 fully saturated rings. The lowest BCUT2D eigenvalue weighted by atomic mass is 9.97. The number of likely N-dealkylation sites (N-methyl/N-ethyl adjacent to an activating group) is 1. The number of piperidine rings is 1. The first-order valence-electron chi connectivity index (χ1n) is 10.2. The van der Waals surface area contributed by atoms with E-state index in [9.17, 15) is 13.2 Å². The molecular formula is C22H28ClN3O4S. The molecule has 1 aromatic heterocycles. The fraction of sp³-hybridized carbons (Fsp3) is 0.455. The van der Waals surface area contributed by atoms with Crippen molar-refractivity contribution in [2.24, 2.45) is 5.92 Å². The van der Waals surface area contributed by atoms with E-state index in [2.05, 4.69) is 11.1 Å². The zero-order valence-corrected chi connectivity index (χ0v) is 19.6. The van der Waals surface area contributed by atoms with Crippen molar-refractivity contribution in [3.05, 3.63) is 52.8 Å². The number of nitrogens with zero attached hydrogens (tertiary/aromatic N) is 3. The van der Waals surface area contributed by atoms with Crippen LogP contribution < -0.4 is 4.74 Å². The predicted molar refractivity (Wildman–Crippen MR) is 120 cm³/mol. The number of halogens is 1. The minimum atomic E-state index is -3.72. The number of sulfonamides is 1. The zero-order valence-electron chi connectivity index (χ0n) is 18.0. The van der Waals surface area contributed by atoms with Gasteiger partial charge in [-0.2, -0.15) is 4.31 Å². The summed E-state index contributed by atoms with van der Waals surface area (Å²) in [6, 6.07) is 9.02. The molecule has 0 N–H and O–H groups in total. The molecule has 0 bridgehead atoms. The summed E-state index contributed by atoms with van der Waals surface area (Å²) < 4.78 is 32.8. The first-order chi connectivity index (χ1) is 14.7. The summed E-state index contributed by atoms with van der Waals surface area (Å²) in [6.07, 6.45) is 2.39. The lowest BCUT2D eigenvalue weighted by Gasteiger charge is -2.32. The summed E-state index contributed by atoms with van der Waals surface area (Å²) in [5.41, 5.74) is 2.27. The summed E-state index contributed by atoms with van der Waals surface area (Å²) >= 11 is 5.97. The number of carbonyl (C=O) groups excluding carboxylic acids is 1. The average Bonchev–Trinajstić information content (AvgIpc) is 2.72. The van der Waals surface area contributed by atoms with Crippen LogP contribution in [-0.2, 0) is 14.8 Å². The molecule has 1 aromatic carbocycles. The molecule has 2 aromatic rings. The number of aryl methyl sites for hydroxylation is 2. The molecule has 31 heavy (non-hydrogen) atoms. The summed E-state index contributed by atoms with van der Waals surface area (Å²) in [6.45, 7) is 5.45. The fourth-order valence-electron chi connectivity index (χ4n) is 3.78. The highest BCUT2D eigenvalue weighted by molar-refractivity contribution is 7.89. The first-order valence-corrected chi connectivity index (χ1v) is 12.1. The molecule has 168 valence electrons. The minimum absolute atomic E-state index is 0.00194. The molecule has 0 aliphatic carbocycles. The second-order valence-electron chi connectivity index (χ2n) is 7.90. The fourth-order valence-corrected chi connectivity index (χ4v) is 5.68. The van der Waals surface area contributed by atoms with Crippen LogP contribution >= 0.6 is 11.6 Å². The van der Waals surface area contributed by atoms with Gasteiger partial charge in [-0.15, -0.1) is 0 Å². The van der Waals surface area contributed by atoms with E-state index >= 15 is 0 Å². The van der Waals surface area contributed by atoms with E-state index < -0.39 is 10.0 Å². The Labute approximate surface area is 189 Å². The van der Waals surface area contributed by atoms with E-state index in [0.29, 0.717) is 26.0 Å². The largest absolute Gasteiger partial charge is 0.492 e. The Hall–Kier alpha value is -2.16. The van der Waals surface area contributed by atoms with E-state index in [0.717, 1.165) is 16.9 Å². The molecule has 1 amide bonds. The highest BCUT2D eigenvalue weighted by Crippen LogP contribution is 2.27. The summed E-state index contributed by atoms with van der Waals surface area (Å²) in [5, 5.41) is -0.0377. The Morgan fingerprint density at radius 1 is 1.23 bits per heavy atom. The number of ether oxygens (including phenoxy) is 1. The molecule has 7 nitrogen and oxygen atoms in total. The van der Waals surface area contributed by atoms with Gasteiger partial charge in [0, 0.05) is 32.3 Å². The molecule has 1 aliphatic heterocycles. The maximum Gasteiger partial charge on any atom is 0.246 e. The molecule has 9 heteroatoms. The van der Waals surface area contributed by atoms with Crippen LogP contribution in [0.5, 0.6) is 5.75 Å². The van der Waals surface area contributed by atoms with Crippen LogP contribution in [0.3, 0.4) is 0 Å². The molecule has 0 radical (unpaired) electrons. The second-order valence-corrected chi connectivity index (χ2v) is 10.2. The van der Waals surface area contributed by atoms with Crippen molar-refractivity contribution in [3.8, 4) is 5.75 Å². The van der Waals surface area contributed by atoms with Crippen molar-refractivity contribution in [3.63, 3.8) is 0 Å². The van der Waals surface area contributed by atoms with Crippen molar-refractivity contribution in [2.75, 3.05) is 33.3 Å². The molecule has 1 saturated heterocycles. The Balaban J connectivity index is 1.51. The van der Waals surface area contributed by atoms with Gasteiger partial charge in [-0.1, -0.05) is 17.7 Å². The third-order valence-electron chi connectivity index (χ3n) is 5.41. The molecular weight excluding hydrogens is 438 g/mol. The van der Waals surface area contributed by atoms with Gasteiger partial charge in [0.1, 0.15) is 22.4 Å². The van der Waals surface area contributed by atoms with Gasteiger partial charge in [-0.05, 0) is 62.1 Å². The Kier molecular flexibility index (Phi) is 7.56. The van der Waals surface area contributed by atoms with Gasteiger partial charge in [0.05, 0.1) is 6.54 Å². The Bertz CT molecular complexity index is 1020. The van der Waals surface area contributed by atoms with Gasteiger partial charge in [-0.3, -0.25) is 4.79 Å². The average molecular weight is 466 g/mol.